The van der Waals surface area contributed by atoms with E-state index >= 15 is 0 Å². The molecule has 4 bridgehead atoms. The summed E-state index contributed by atoms with van der Waals surface area (Å²) in [7, 11) is -1.43. The number of para-hydroxylation sites is 1. The molecule has 31 heteroatoms. The van der Waals surface area contributed by atoms with Gasteiger partial charge in [0.1, 0.15) is 54.0 Å². The zero-order valence-corrected chi connectivity index (χ0v) is 55.9. The number of thiazole rings is 1. The lowest BCUT2D eigenvalue weighted by atomic mass is 9.39. The number of hydrogen-bond donors (Lipinski definition) is 9. The van der Waals surface area contributed by atoms with Crippen LogP contribution < -0.4 is 35.5 Å². The summed E-state index contributed by atoms with van der Waals surface area (Å²) in [5, 5.41) is 62.5. The predicted octanol–water partition coefficient (Wildman–Crippen LogP) is 5.18. The van der Waals surface area contributed by atoms with Crippen molar-refractivity contribution in [2.24, 2.45) is 22.0 Å². The number of carbonyl (C=O) groups is 5. The lowest BCUT2D eigenvalue weighted by Crippen LogP contribution is -2.64. The van der Waals surface area contributed by atoms with Gasteiger partial charge in [0.2, 0.25) is 12.2 Å². The van der Waals surface area contributed by atoms with E-state index in [0.29, 0.717) is 58.5 Å². The van der Waals surface area contributed by atoms with Gasteiger partial charge in [-0.15, -0.1) is 0 Å². The molecule has 6 aromatic rings. The Morgan fingerprint density at radius 1 is 0.866 bits per heavy atom. The Morgan fingerprint density at radius 2 is 1.62 bits per heavy atom. The van der Waals surface area contributed by atoms with Gasteiger partial charge in [-0.05, 0) is 129 Å². The molecule has 4 saturated carbocycles. The Kier molecular flexibility index (Phi) is 20.5. The third-order valence-electron chi connectivity index (χ3n) is 18.9. The molecule has 12 rings (SSSR count). The van der Waals surface area contributed by atoms with E-state index in [0.717, 1.165) is 65.6 Å². The average molecular weight is 1380 g/mol. The molecule has 6 aliphatic rings. The summed E-state index contributed by atoms with van der Waals surface area (Å²) in [4.78, 5) is 78.4. The molecule has 3 aromatic carbocycles. The fourth-order valence-corrected chi connectivity index (χ4v) is 17.3. The number of anilines is 2. The maximum absolute atomic E-state index is 14.1. The first-order valence-electron chi connectivity index (χ1n) is 31.8. The first kappa shape index (κ1) is 70.2. The number of methoxy groups -OCH3 is 2. The molecule has 97 heavy (non-hydrogen) atoms. The van der Waals surface area contributed by atoms with Gasteiger partial charge in [-0.25, -0.2) is 24.4 Å². The minimum absolute atomic E-state index is 0.0409. The molecule has 8 atom stereocenters. The molecule has 0 spiro atoms. The highest BCUT2D eigenvalue weighted by Gasteiger charge is 2.66. The SMILES string of the molecule is COCCN(CCOC12CC3(C)CC(C)(CC(Cn4ncc(-c5ccc(N6CCc7c(OC)ccc(C(=O)Nc8nc9ccccc9s8)c7C6)nc5C(=O)O)c4C)(C3)C1)C2)C(=O)OCc1ccc(O[C@@H]2O[C@H](C(=O)O)[C@@H](O)[C@H](O)[C@H]2O)cc1OCCCNC(=O)[C@@H](N)CS(=O)(=O)O. The molecule has 5 fully saturated rings. The largest absolute Gasteiger partial charge is 0.496 e. The molecule has 3 aromatic heterocycles. The molecule has 522 valence electrons. The number of carboxylic acid groups (broad SMARTS) is 2. The van der Waals surface area contributed by atoms with Gasteiger partial charge in [-0.2, -0.15) is 13.5 Å². The maximum atomic E-state index is 14.1. The van der Waals surface area contributed by atoms with E-state index in [2.05, 4.69) is 29.5 Å². The summed E-state index contributed by atoms with van der Waals surface area (Å²) < 4.78 is 75.8. The summed E-state index contributed by atoms with van der Waals surface area (Å²) >= 11 is 1.38. The van der Waals surface area contributed by atoms with Gasteiger partial charge in [0.15, 0.2) is 16.9 Å². The number of aliphatic carboxylic acids is 1. The number of nitrogens with zero attached hydrogens (tertiary/aromatic N) is 6. The van der Waals surface area contributed by atoms with Gasteiger partial charge in [0, 0.05) is 86.0 Å². The summed E-state index contributed by atoms with van der Waals surface area (Å²) in [6, 6.07) is 17.4. The number of ether oxygens (including phenoxy) is 7. The highest BCUT2D eigenvalue weighted by atomic mass is 32.2. The Bertz CT molecular complexity index is 4020. The number of aromatic nitrogens is 4. The number of hydrogen-bond acceptors (Lipinski definition) is 23. The van der Waals surface area contributed by atoms with Gasteiger partial charge in [0.05, 0.1) is 54.7 Å². The first-order valence-corrected chi connectivity index (χ1v) is 34.3. The van der Waals surface area contributed by atoms with Crippen molar-refractivity contribution in [3.8, 4) is 28.4 Å². The number of carbonyl (C=O) groups excluding carboxylic acids is 3. The Morgan fingerprint density at radius 3 is 2.33 bits per heavy atom. The Labute approximate surface area is 562 Å². The maximum Gasteiger partial charge on any atom is 0.410 e. The molecule has 3 amide bonds. The van der Waals surface area contributed by atoms with E-state index in [1.165, 1.54) is 41.5 Å². The van der Waals surface area contributed by atoms with Crippen LogP contribution in [0.15, 0.2) is 72.9 Å². The number of aliphatic hydroxyl groups excluding tert-OH is 3. The van der Waals surface area contributed by atoms with E-state index in [1.807, 2.05) is 46.8 Å². The number of nitrogens with two attached hydrogens (primary N) is 1. The zero-order chi connectivity index (χ0) is 69.4. The lowest BCUT2D eigenvalue weighted by Gasteiger charge is -2.69. The van der Waals surface area contributed by atoms with Gasteiger partial charge >= 0.3 is 18.0 Å². The van der Waals surface area contributed by atoms with E-state index in [1.54, 1.807) is 31.5 Å². The molecule has 0 radical (unpaired) electrons. The van der Waals surface area contributed by atoms with Crippen molar-refractivity contribution in [2.75, 3.05) is 76.2 Å². The predicted molar refractivity (Wildman–Crippen MR) is 350 cm³/mol. The summed E-state index contributed by atoms with van der Waals surface area (Å²) in [6.45, 7) is 8.01. The number of rotatable bonds is 28. The van der Waals surface area contributed by atoms with Crippen LogP contribution in [0.3, 0.4) is 0 Å². The molecule has 29 nitrogen and oxygen atoms in total. The number of amides is 3. The van der Waals surface area contributed by atoms with Crippen molar-refractivity contribution >= 4 is 72.5 Å². The van der Waals surface area contributed by atoms with E-state index in [-0.39, 0.29) is 98.4 Å². The highest BCUT2D eigenvalue weighted by Crippen LogP contribution is 2.72. The number of nitrogens with one attached hydrogen (secondary N) is 2. The lowest BCUT2D eigenvalue weighted by molar-refractivity contribution is -0.271. The number of pyridine rings is 1. The summed E-state index contributed by atoms with van der Waals surface area (Å²) in [5.41, 5.74) is 9.54. The van der Waals surface area contributed by atoms with Crippen LogP contribution >= 0.6 is 11.3 Å². The number of fused-ring (bicyclic) bond motifs is 2. The number of aliphatic hydroxyl groups is 3. The second-order valence-electron chi connectivity index (χ2n) is 26.8. The highest BCUT2D eigenvalue weighted by molar-refractivity contribution is 7.85. The van der Waals surface area contributed by atoms with Crippen LogP contribution in [0.4, 0.5) is 15.7 Å². The van der Waals surface area contributed by atoms with Crippen molar-refractivity contribution in [3.63, 3.8) is 0 Å². The van der Waals surface area contributed by atoms with Crippen LogP contribution in [0.1, 0.15) is 102 Å². The molecule has 2 unspecified atom stereocenters. The van der Waals surface area contributed by atoms with Crippen molar-refractivity contribution in [1.82, 2.24) is 30.0 Å². The van der Waals surface area contributed by atoms with Gasteiger partial charge in [0.25, 0.3) is 16.0 Å². The number of benzene rings is 3. The smallest absolute Gasteiger partial charge is 0.410 e. The molecular weight excluding hydrogens is 1300 g/mol. The van der Waals surface area contributed by atoms with Crippen LogP contribution in [-0.2, 0) is 64.8 Å². The number of aromatic carboxylic acids is 1. The third-order valence-corrected chi connectivity index (χ3v) is 20.7. The molecule has 4 aliphatic carbocycles. The summed E-state index contributed by atoms with van der Waals surface area (Å²) in [5.74, 6) is -3.85. The van der Waals surface area contributed by atoms with Gasteiger partial charge < -0.3 is 79.5 Å². The molecule has 1 saturated heterocycles. The Balaban J connectivity index is 0.754. The monoisotopic (exact) mass is 1380 g/mol. The minimum Gasteiger partial charge on any atom is -0.496 e. The van der Waals surface area contributed by atoms with Gasteiger partial charge in [-0.3, -0.25) is 24.1 Å². The summed E-state index contributed by atoms with van der Waals surface area (Å²) in [6.07, 6.45) is -2.66. The van der Waals surface area contributed by atoms with E-state index in [9.17, 15) is 57.9 Å². The van der Waals surface area contributed by atoms with Crippen molar-refractivity contribution < 1.29 is 95.6 Å². The quantitative estimate of drug-likeness (QED) is 0.0226. The van der Waals surface area contributed by atoms with Crippen molar-refractivity contribution in [1.29, 1.82) is 0 Å². The van der Waals surface area contributed by atoms with Crippen LogP contribution in [0.25, 0.3) is 21.3 Å². The second kappa shape index (κ2) is 28.4. The van der Waals surface area contributed by atoms with E-state index in [4.69, 9.17) is 53.5 Å². The average Bonchev–Trinajstić information content (AvgIpc) is 1.05. The molecular formula is C66H81N9O20S2. The van der Waals surface area contributed by atoms with Crippen molar-refractivity contribution in [3.05, 3.63) is 107 Å². The van der Waals surface area contributed by atoms with Crippen LogP contribution in [0, 0.1) is 23.2 Å². The normalized spacial score (nSPS) is 25.3. The fourth-order valence-electron chi connectivity index (χ4n) is 15.8. The van der Waals surface area contributed by atoms with Crippen molar-refractivity contribution in [2.45, 2.75) is 134 Å². The topological polar surface area (TPSA) is 406 Å². The Hall–Kier alpha value is -8.11. The first-order chi connectivity index (χ1) is 46.1. The van der Waals surface area contributed by atoms with Crippen LogP contribution in [0.2, 0.25) is 0 Å². The minimum atomic E-state index is -4.53. The fraction of sp³-hybridized carbons (Fsp3) is 0.515. The third kappa shape index (κ3) is 15.6. The molecule has 2 aliphatic heterocycles. The number of carboxylic acids is 2. The van der Waals surface area contributed by atoms with E-state index < -0.39 is 82.2 Å². The van der Waals surface area contributed by atoms with Crippen LogP contribution in [0.5, 0.6) is 17.2 Å². The molecule has 10 N–H and O–H groups in total. The molecule has 5 heterocycles. The van der Waals surface area contributed by atoms with Crippen LogP contribution in [-0.4, -0.2) is 201 Å². The standard InChI is InChI=1S/C66H81N9O20S2/c1-37-43(41-14-16-50(71-51(41)58(81)82)74-19-17-40-44(27-74)42(13-15-47(40)90-5)56(79)72-61-70-46-9-6-7-10-49(46)96-61)26-69-75(37)36-65-31-63(2)30-64(3,32-65)34-66(33-63,35-65)93-24-21-73(20-23-89-4)62(85)92-28-38-11-12-39(94-60-54(78)52(76)53(77)55(95-60)59(83)84)25-48(38)91-22-8-18-68-57(80)45(67)29-97(86,87)88/h6-7,9-16,25-26,45,52-55,60,76-78H,8,17-24,27-36,67H2,1-5H3,(H,68,80)(H,81,82)(H,83,84)(H,70,72,79)(H,86,87,88)/t45-,52-,53-,54+,55-,60+,63?,64?,65?,66?/m0/s1. The zero-order valence-electron chi connectivity index (χ0n) is 54.3. The second-order valence-corrected chi connectivity index (χ2v) is 29.3. The van der Waals surface area contributed by atoms with Gasteiger partial charge in [-0.1, -0.05) is 37.3 Å².